The Bertz CT molecular complexity index is 1480. The summed E-state index contributed by atoms with van der Waals surface area (Å²) in [4.78, 5) is 84.5. The van der Waals surface area contributed by atoms with Gasteiger partial charge in [-0.05, 0) is 11.1 Å². The largest absolute Gasteiger partial charge is 0.462 e. The lowest BCUT2D eigenvalue weighted by atomic mass is 9.92. The van der Waals surface area contributed by atoms with Crippen LogP contribution in [0.3, 0.4) is 0 Å². The molecule has 0 bridgehead atoms. The lowest BCUT2D eigenvalue weighted by Gasteiger charge is -2.31. The number of carbonyl (C=O) groups is 7. The van der Waals surface area contributed by atoms with Gasteiger partial charge in [0.2, 0.25) is 0 Å². The third-order valence-electron chi connectivity index (χ3n) is 6.96. The van der Waals surface area contributed by atoms with Crippen LogP contribution in [0.15, 0.2) is 100 Å². The number of rotatable bonds is 27. The molecular weight excluding hydrogens is 724 g/mol. The van der Waals surface area contributed by atoms with Gasteiger partial charge >= 0.3 is 42.0 Å². The Morgan fingerprint density at radius 1 is 0.491 bits per heavy atom. The van der Waals surface area contributed by atoms with Gasteiger partial charge in [0.05, 0.1) is 18.6 Å². The van der Waals surface area contributed by atoms with Crippen molar-refractivity contribution in [2.75, 3.05) is 59.5 Å². The number of ether oxygens (including phenoxy) is 8. The van der Waals surface area contributed by atoms with Crippen molar-refractivity contribution in [1.82, 2.24) is 10.6 Å². The molecule has 0 unspecified atom stereocenters. The van der Waals surface area contributed by atoms with E-state index in [0.717, 1.165) is 30.4 Å². The molecular formula is C38H46N2O15. The van der Waals surface area contributed by atoms with Gasteiger partial charge in [-0.25, -0.2) is 33.6 Å². The van der Waals surface area contributed by atoms with Gasteiger partial charge in [-0.15, -0.1) is 6.58 Å². The fourth-order valence-electron chi connectivity index (χ4n) is 4.01. The Morgan fingerprint density at radius 2 is 0.800 bits per heavy atom. The molecule has 0 saturated heterocycles. The number of carbonyl (C=O) groups excluding carboxylic acids is 7. The summed E-state index contributed by atoms with van der Waals surface area (Å²) in [5, 5.41) is 5.14. The second-order valence-corrected chi connectivity index (χ2v) is 11.5. The van der Waals surface area contributed by atoms with E-state index in [4.69, 9.17) is 37.9 Å². The lowest BCUT2D eigenvalue weighted by molar-refractivity contribution is -0.159. The standard InChI is InChI=1S/C38H46N2O15/c1-7-16-48-20-37(21-49-30(41)8-2,22-50-31(42)9-3)26-54-35(46)39-18-28-14-13-15-29(17-28)19-40-36(47)55-27-38(23-51-32(43)10-4,24-52-33(44)11-5)25-53-34(45)12-6/h7-15,17H,1-6,16,18-27H2,(H,39,46)(H,40,47). The van der Waals surface area contributed by atoms with Gasteiger partial charge in [-0.2, -0.15) is 0 Å². The van der Waals surface area contributed by atoms with Crippen molar-refractivity contribution in [3.8, 4) is 0 Å². The zero-order valence-electron chi connectivity index (χ0n) is 30.4. The van der Waals surface area contributed by atoms with E-state index in [-0.39, 0.29) is 46.1 Å². The molecule has 17 nitrogen and oxygen atoms in total. The smallest absolute Gasteiger partial charge is 0.407 e. The Kier molecular flexibility index (Phi) is 21.6. The van der Waals surface area contributed by atoms with Crippen LogP contribution in [-0.2, 0) is 75.0 Å². The molecule has 1 aromatic rings. The number of esters is 5. The van der Waals surface area contributed by atoms with Crippen LogP contribution in [0.4, 0.5) is 9.59 Å². The highest BCUT2D eigenvalue weighted by atomic mass is 16.6. The van der Waals surface area contributed by atoms with Gasteiger partial charge in [0.15, 0.2) is 0 Å². The maximum atomic E-state index is 12.7. The average molecular weight is 771 g/mol. The van der Waals surface area contributed by atoms with Gasteiger partial charge in [-0.3, -0.25) is 0 Å². The van der Waals surface area contributed by atoms with Crippen LogP contribution in [0.25, 0.3) is 0 Å². The Hall–Kier alpha value is -6.49. The van der Waals surface area contributed by atoms with Gasteiger partial charge in [-0.1, -0.05) is 63.2 Å². The number of hydrogen-bond donors (Lipinski definition) is 2. The molecule has 0 spiro atoms. The van der Waals surface area contributed by atoms with Crippen LogP contribution in [0.1, 0.15) is 11.1 Å². The summed E-state index contributed by atoms with van der Waals surface area (Å²) in [6.45, 7) is 17.0. The summed E-state index contributed by atoms with van der Waals surface area (Å²) in [6.07, 6.45) is 4.26. The third-order valence-corrected chi connectivity index (χ3v) is 6.96. The molecule has 2 N–H and O–H groups in total. The molecule has 17 heteroatoms. The highest BCUT2D eigenvalue weighted by Gasteiger charge is 2.38. The third kappa shape index (κ3) is 19.2. The van der Waals surface area contributed by atoms with Crippen LogP contribution in [-0.4, -0.2) is 101 Å². The van der Waals surface area contributed by atoms with Crippen molar-refractivity contribution >= 4 is 42.0 Å². The maximum absolute atomic E-state index is 12.7. The molecule has 0 radical (unpaired) electrons. The van der Waals surface area contributed by atoms with Crippen molar-refractivity contribution in [1.29, 1.82) is 0 Å². The molecule has 0 aliphatic rings. The van der Waals surface area contributed by atoms with Crippen molar-refractivity contribution in [2.24, 2.45) is 10.8 Å². The summed E-state index contributed by atoms with van der Waals surface area (Å²) in [6, 6.07) is 6.75. The highest BCUT2D eigenvalue weighted by molar-refractivity contribution is 5.83. The van der Waals surface area contributed by atoms with Crippen LogP contribution < -0.4 is 10.6 Å². The normalized spacial score (nSPS) is 10.5. The SMILES string of the molecule is C=CCOCC(COC(=O)C=C)(COC(=O)C=C)COC(=O)NCc1cccc(CNC(=O)OCC(COC(=O)C=C)(COC(=O)C=C)COC(=O)C=C)c1. The molecule has 0 aliphatic carbocycles. The van der Waals surface area contributed by atoms with Crippen LogP contribution in [0.5, 0.6) is 0 Å². The Balaban J connectivity index is 2.93. The van der Waals surface area contributed by atoms with Crippen LogP contribution in [0.2, 0.25) is 0 Å². The number of benzene rings is 1. The lowest BCUT2D eigenvalue weighted by Crippen LogP contribution is -2.44. The van der Waals surface area contributed by atoms with E-state index in [9.17, 15) is 33.6 Å². The van der Waals surface area contributed by atoms with E-state index in [1.807, 2.05) is 0 Å². The minimum Gasteiger partial charge on any atom is -0.462 e. The van der Waals surface area contributed by atoms with E-state index in [1.54, 1.807) is 24.3 Å². The fraction of sp³-hybridized carbons (Fsp3) is 0.342. The minimum absolute atomic E-state index is 0.00715. The molecule has 0 fully saturated rings. The molecule has 0 aliphatic heterocycles. The molecule has 0 heterocycles. The van der Waals surface area contributed by atoms with Crippen molar-refractivity contribution in [3.63, 3.8) is 0 Å². The molecule has 55 heavy (non-hydrogen) atoms. The first kappa shape index (κ1) is 46.5. The molecule has 1 aromatic carbocycles. The summed E-state index contributed by atoms with van der Waals surface area (Å²) in [5.41, 5.74) is -1.60. The van der Waals surface area contributed by atoms with Crippen LogP contribution in [0, 0.1) is 10.8 Å². The zero-order valence-corrected chi connectivity index (χ0v) is 30.4. The van der Waals surface area contributed by atoms with Gasteiger partial charge in [0.25, 0.3) is 0 Å². The van der Waals surface area contributed by atoms with Crippen molar-refractivity contribution in [3.05, 3.63) is 111 Å². The van der Waals surface area contributed by atoms with E-state index < -0.39 is 79.3 Å². The van der Waals surface area contributed by atoms with Gasteiger partial charge in [0.1, 0.15) is 51.7 Å². The topological polar surface area (TPSA) is 217 Å². The molecule has 2 amide bonds. The van der Waals surface area contributed by atoms with Gasteiger partial charge in [0, 0.05) is 43.5 Å². The van der Waals surface area contributed by atoms with Crippen LogP contribution >= 0.6 is 0 Å². The molecule has 1 rings (SSSR count). The van der Waals surface area contributed by atoms with E-state index >= 15 is 0 Å². The second kappa shape index (κ2) is 25.5. The van der Waals surface area contributed by atoms with Gasteiger partial charge < -0.3 is 48.5 Å². The highest BCUT2D eigenvalue weighted by Crippen LogP contribution is 2.23. The molecule has 298 valence electrons. The fourth-order valence-corrected chi connectivity index (χ4v) is 4.01. The quantitative estimate of drug-likeness (QED) is 0.0432. The zero-order chi connectivity index (χ0) is 41.1. The minimum atomic E-state index is -1.52. The number of nitrogens with one attached hydrogen (secondary N) is 2. The summed E-state index contributed by atoms with van der Waals surface area (Å²) in [7, 11) is 0. The first-order valence-electron chi connectivity index (χ1n) is 16.3. The van der Waals surface area contributed by atoms with Crippen molar-refractivity contribution < 1.29 is 71.5 Å². The number of alkyl carbamates (subject to hydrolysis) is 2. The molecule has 0 saturated carbocycles. The first-order valence-corrected chi connectivity index (χ1v) is 16.3. The first-order chi connectivity index (χ1) is 26.3. The Morgan fingerprint density at radius 3 is 1.11 bits per heavy atom. The summed E-state index contributed by atoms with van der Waals surface area (Å²) < 4.78 is 42.0. The summed E-state index contributed by atoms with van der Waals surface area (Å²) >= 11 is 0. The monoisotopic (exact) mass is 770 g/mol. The second-order valence-electron chi connectivity index (χ2n) is 11.5. The summed E-state index contributed by atoms with van der Waals surface area (Å²) in [5.74, 6) is -4.01. The molecule has 0 aromatic heterocycles. The van der Waals surface area contributed by atoms with E-state index in [0.29, 0.717) is 11.1 Å². The predicted molar refractivity (Wildman–Crippen MR) is 194 cm³/mol. The van der Waals surface area contributed by atoms with E-state index in [2.05, 4.69) is 50.1 Å². The Labute approximate surface area is 318 Å². The van der Waals surface area contributed by atoms with Crippen molar-refractivity contribution in [2.45, 2.75) is 13.1 Å². The number of amides is 2. The average Bonchev–Trinajstić information content (AvgIpc) is 3.21. The maximum Gasteiger partial charge on any atom is 0.407 e. The van der Waals surface area contributed by atoms with E-state index in [1.165, 1.54) is 6.08 Å². The number of hydrogen-bond acceptors (Lipinski definition) is 15. The molecule has 0 atom stereocenters. The predicted octanol–water partition coefficient (Wildman–Crippen LogP) is 2.96.